The third kappa shape index (κ3) is 2.90. The molecule has 1 saturated carbocycles. The summed E-state index contributed by atoms with van der Waals surface area (Å²) < 4.78 is 16.6. The van der Waals surface area contributed by atoms with E-state index in [1.165, 1.54) is 0 Å². The van der Waals surface area contributed by atoms with Gasteiger partial charge in [0.15, 0.2) is 0 Å². The minimum Gasteiger partial charge on any atom is -0.462 e. The van der Waals surface area contributed by atoms with Gasteiger partial charge in [0.25, 0.3) is 0 Å². The molecule has 1 aliphatic heterocycles. The molecule has 0 aromatic heterocycles. The highest BCUT2D eigenvalue weighted by molar-refractivity contribution is 5.89. The monoisotopic (exact) mass is 302 g/mol. The van der Waals surface area contributed by atoms with Crippen molar-refractivity contribution in [1.29, 1.82) is 0 Å². The van der Waals surface area contributed by atoms with Crippen molar-refractivity contribution in [3.8, 4) is 0 Å². The molecule has 1 aliphatic carbocycles. The molecule has 1 saturated heterocycles. The molecule has 0 bridgehead atoms. The standard InChI is InChI=1S/C17H18O5/c1-2-8-20-16-12-9-15(18)21-13(12)10-14(16)22-17(19)11-6-4-3-5-7-11/h2-7,12-14,16H,1,8-10H2/t12-,13-,14-,16?/m1/s1. The Labute approximate surface area is 128 Å². The third-order valence-corrected chi connectivity index (χ3v) is 4.09. The van der Waals surface area contributed by atoms with Crippen molar-refractivity contribution in [2.24, 2.45) is 5.92 Å². The van der Waals surface area contributed by atoms with E-state index < -0.39 is 6.10 Å². The van der Waals surface area contributed by atoms with Gasteiger partial charge in [0.05, 0.1) is 18.6 Å². The summed E-state index contributed by atoms with van der Waals surface area (Å²) in [5.41, 5.74) is 0.499. The molecule has 2 aliphatic rings. The Morgan fingerprint density at radius 3 is 2.86 bits per heavy atom. The predicted octanol–water partition coefficient (Wildman–Crippen LogP) is 2.12. The van der Waals surface area contributed by atoms with E-state index in [0.717, 1.165) is 0 Å². The van der Waals surface area contributed by atoms with E-state index in [1.807, 2.05) is 6.07 Å². The average molecular weight is 302 g/mol. The summed E-state index contributed by atoms with van der Waals surface area (Å²) in [6.45, 7) is 3.97. The molecule has 1 unspecified atom stereocenters. The van der Waals surface area contributed by atoms with Crippen LogP contribution in [0.15, 0.2) is 43.0 Å². The van der Waals surface area contributed by atoms with Gasteiger partial charge in [0.2, 0.25) is 0 Å². The van der Waals surface area contributed by atoms with Crippen LogP contribution < -0.4 is 0 Å². The minimum atomic E-state index is -0.407. The Hall–Kier alpha value is -2.14. The smallest absolute Gasteiger partial charge is 0.338 e. The molecule has 3 rings (SSSR count). The van der Waals surface area contributed by atoms with Gasteiger partial charge >= 0.3 is 11.9 Å². The van der Waals surface area contributed by atoms with Crippen LogP contribution in [0.3, 0.4) is 0 Å². The van der Waals surface area contributed by atoms with Crippen LogP contribution in [0.2, 0.25) is 0 Å². The lowest BCUT2D eigenvalue weighted by molar-refractivity contribution is -0.142. The first-order valence-electron chi connectivity index (χ1n) is 7.37. The molecule has 0 spiro atoms. The number of esters is 2. The molecule has 1 heterocycles. The van der Waals surface area contributed by atoms with Crippen LogP contribution in [0.4, 0.5) is 0 Å². The van der Waals surface area contributed by atoms with Gasteiger partial charge in [-0.15, -0.1) is 6.58 Å². The van der Waals surface area contributed by atoms with E-state index in [9.17, 15) is 9.59 Å². The zero-order valence-electron chi connectivity index (χ0n) is 12.1. The lowest BCUT2D eigenvalue weighted by atomic mass is 10.0. The van der Waals surface area contributed by atoms with E-state index in [0.29, 0.717) is 25.0 Å². The number of fused-ring (bicyclic) bond motifs is 1. The lowest BCUT2D eigenvalue weighted by Gasteiger charge is -2.22. The number of hydrogen-bond acceptors (Lipinski definition) is 5. The van der Waals surface area contributed by atoms with Crippen LogP contribution in [0.5, 0.6) is 0 Å². The zero-order valence-corrected chi connectivity index (χ0v) is 12.1. The van der Waals surface area contributed by atoms with Crippen molar-refractivity contribution >= 4 is 11.9 Å². The summed E-state index contributed by atoms with van der Waals surface area (Å²) in [4.78, 5) is 23.6. The molecule has 0 amide bonds. The van der Waals surface area contributed by atoms with Crippen LogP contribution in [-0.4, -0.2) is 36.9 Å². The van der Waals surface area contributed by atoms with Crippen molar-refractivity contribution in [2.45, 2.75) is 31.2 Å². The topological polar surface area (TPSA) is 61.8 Å². The number of rotatable bonds is 5. The second-order valence-electron chi connectivity index (χ2n) is 5.53. The zero-order chi connectivity index (χ0) is 15.5. The van der Waals surface area contributed by atoms with E-state index >= 15 is 0 Å². The molecule has 22 heavy (non-hydrogen) atoms. The fourth-order valence-corrected chi connectivity index (χ4v) is 3.12. The summed E-state index contributed by atoms with van der Waals surface area (Å²) in [5.74, 6) is -0.653. The van der Waals surface area contributed by atoms with E-state index in [-0.39, 0.29) is 30.1 Å². The van der Waals surface area contributed by atoms with Crippen LogP contribution in [0.25, 0.3) is 0 Å². The van der Waals surface area contributed by atoms with Crippen molar-refractivity contribution < 1.29 is 23.8 Å². The van der Waals surface area contributed by atoms with E-state index in [1.54, 1.807) is 30.3 Å². The third-order valence-electron chi connectivity index (χ3n) is 4.09. The molecule has 116 valence electrons. The van der Waals surface area contributed by atoms with Gasteiger partial charge in [-0.1, -0.05) is 24.3 Å². The largest absolute Gasteiger partial charge is 0.462 e. The van der Waals surface area contributed by atoms with Crippen LogP contribution in [0.1, 0.15) is 23.2 Å². The SMILES string of the molecule is C=CCOC1[C@H](OC(=O)c2ccccc2)C[C@H]2OC(=O)C[C@@H]12. The Balaban J connectivity index is 1.70. The number of carbonyl (C=O) groups excluding carboxylic acids is 2. The van der Waals surface area contributed by atoms with Crippen LogP contribution >= 0.6 is 0 Å². The van der Waals surface area contributed by atoms with Gasteiger partial charge in [-0.3, -0.25) is 4.79 Å². The molecular formula is C17H18O5. The highest BCUT2D eigenvalue weighted by Gasteiger charge is 2.52. The molecule has 4 atom stereocenters. The molecule has 1 aromatic carbocycles. The van der Waals surface area contributed by atoms with Crippen molar-refractivity contribution in [2.75, 3.05) is 6.61 Å². The van der Waals surface area contributed by atoms with Gasteiger partial charge in [0.1, 0.15) is 18.3 Å². The number of benzene rings is 1. The number of carbonyl (C=O) groups is 2. The summed E-state index contributed by atoms with van der Waals surface area (Å²) in [5, 5.41) is 0. The van der Waals surface area contributed by atoms with Gasteiger partial charge in [-0.25, -0.2) is 4.79 Å². The average Bonchev–Trinajstić information content (AvgIpc) is 3.02. The Kier molecular flexibility index (Phi) is 4.24. The summed E-state index contributed by atoms with van der Waals surface area (Å²) in [7, 11) is 0. The maximum atomic E-state index is 12.2. The Morgan fingerprint density at radius 1 is 1.36 bits per heavy atom. The number of hydrogen-bond donors (Lipinski definition) is 0. The van der Waals surface area contributed by atoms with E-state index in [2.05, 4.69) is 6.58 Å². The van der Waals surface area contributed by atoms with E-state index in [4.69, 9.17) is 14.2 Å². The second-order valence-corrected chi connectivity index (χ2v) is 5.53. The normalized spacial score (nSPS) is 29.7. The van der Waals surface area contributed by atoms with Crippen molar-refractivity contribution in [3.63, 3.8) is 0 Å². The minimum absolute atomic E-state index is 0.0546. The van der Waals surface area contributed by atoms with Gasteiger partial charge in [-0.2, -0.15) is 0 Å². The number of ether oxygens (including phenoxy) is 3. The van der Waals surface area contributed by atoms with Crippen molar-refractivity contribution in [3.05, 3.63) is 48.6 Å². The Morgan fingerprint density at radius 2 is 2.14 bits per heavy atom. The second kappa shape index (κ2) is 6.32. The first kappa shape index (κ1) is 14.8. The highest BCUT2D eigenvalue weighted by atomic mass is 16.6. The molecule has 2 fully saturated rings. The fourth-order valence-electron chi connectivity index (χ4n) is 3.12. The summed E-state index contributed by atoms with van der Waals surface area (Å²) in [6, 6.07) is 8.82. The molecule has 5 nitrogen and oxygen atoms in total. The molecule has 5 heteroatoms. The Bertz CT molecular complexity index is 568. The maximum Gasteiger partial charge on any atom is 0.338 e. The first-order chi connectivity index (χ1) is 10.7. The molecular weight excluding hydrogens is 284 g/mol. The summed E-state index contributed by atoms with van der Waals surface area (Å²) >= 11 is 0. The molecule has 0 N–H and O–H groups in total. The van der Waals surface area contributed by atoms with Gasteiger partial charge < -0.3 is 14.2 Å². The van der Waals surface area contributed by atoms with Crippen LogP contribution in [0, 0.1) is 5.92 Å². The lowest BCUT2D eigenvalue weighted by Crippen LogP contribution is -2.33. The first-order valence-corrected chi connectivity index (χ1v) is 7.37. The molecule has 1 aromatic rings. The van der Waals surface area contributed by atoms with Gasteiger partial charge in [0, 0.05) is 12.3 Å². The van der Waals surface area contributed by atoms with Crippen LogP contribution in [-0.2, 0) is 19.0 Å². The summed E-state index contributed by atoms with van der Waals surface area (Å²) in [6.07, 6.45) is 1.47. The predicted molar refractivity (Wildman–Crippen MR) is 78.2 cm³/mol. The molecule has 0 radical (unpaired) electrons. The maximum absolute atomic E-state index is 12.2. The van der Waals surface area contributed by atoms with Crippen molar-refractivity contribution in [1.82, 2.24) is 0 Å². The fraction of sp³-hybridized carbons (Fsp3) is 0.412. The highest BCUT2D eigenvalue weighted by Crippen LogP contribution is 2.40. The van der Waals surface area contributed by atoms with Gasteiger partial charge in [-0.05, 0) is 12.1 Å². The quantitative estimate of drug-likeness (QED) is 0.616.